The topological polar surface area (TPSA) is 106 Å². The standard InChI is InChI=1S/C17H13N3O3/c18-15(17(22)23)10-5-7-11(8-6-10)16(21)14-9-19-12-3-1-2-4-13(12)20-14/h1-9,15H,18H2,(H,22,23). The number of nitrogens with zero attached hydrogens (tertiary/aromatic N) is 2. The van der Waals surface area contributed by atoms with E-state index in [0.29, 0.717) is 22.2 Å². The molecule has 0 amide bonds. The molecule has 1 atom stereocenters. The minimum atomic E-state index is -1.12. The maximum absolute atomic E-state index is 12.5. The van der Waals surface area contributed by atoms with Crippen LogP contribution in [0.4, 0.5) is 0 Å². The first kappa shape index (κ1) is 14.8. The lowest BCUT2D eigenvalue weighted by Gasteiger charge is -2.07. The van der Waals surface area contributed by atoms with Crippen LogP contribution in [0.5, 0.6) is 0 Å². The molecule has 0 saturated heterocycles. The van der Waals surface area contributed by atoms with Gasteiger partial charge in [-0.15, -0.1) is 0 Å². The number of carboxylic acids is 1. The molecule has 3 N–H and O–H groups in total. The Morgan fingerprint density at radius 3 is 2.30 bits per heavy atom. The zero-order valence-electron chi connectivity index (χ0n) is 12.0. The number of para-hydroxylation sites is 2. The van der Waals surface area contributed by atoms with Gasteiger partial charge in [-0.05, 0) is 17.7 Å². The van der Waals surface area contributed by atoms with Gasteiger partial charge in [0, 0.05) is 5.56 Å². The molecule has 0 aliphatic heterocycles. The number of benzene rings is 2. The van der Waals surface area contributed by atoms with E-state index in [0.717, 1.165) is 0 Å². The van der Waals surface area contributed by atoms with Gasteiger partial charge in [0.05, 0.1) is 17.2 Å². The summed E-state index contributed by atoms with van der Waals surface area (Å²) < 4.78 is 0. The summed E-state index contributed by atoms with van der Waals surface area (Å²) in [6, 6.07) is 12.3. The highest BCUT2D eigenvalue weighted by molar-refractivity contribution is 6.08. The fraction of sp³-hybridized carbons (Fsp3) is 0.0588. The average molecular weight is 307 g/mol. The summed E-state index contributed by atoms with van der Waals surface area (Å²) in [5.41, 5.74) is 7.95. The van der Waals surface area contributed by atoms with Crippen molar-refractivity contribution in [2.24, 2.45) is 5.73 Å². The van der Waals surface area contributed by atoms with Gasteiger partial charge in [0.25, 0.3) is 0 Å². The van der Waals surface area contributed by atoms with Gasteiger partial charge >= 0.3 is 5.97 Å². The summed E-state index contributed by atoms with van der Waals surface area (Å²) in [5.74, 6) is -1.40. The van der Waals surface area contributed by atoms with E-state index in [1.807, 2.05) is 18.2 Å². The number of rotatable bonds is 4. The van der Waals surface area contributed by atoms with Crippen molar-refractivity contribution in [3.8, 4) is 0 Å². The van der Waals surface area contributed by atoms with Crippen molar-refractivity contribution < 1.29 is 14.7 Å². The molecule has 2 aromatic carbocycles. The molecular formula is C17H13N3O3. The molecule has 6 heteroatoms. The highest BCUT2D eigenvalue weighted by Crippen LogP contribution is 2.15. The predicted molar refractivity (Wildman–Crippen MR) is 84.0 cm³/mol. The lowest BCUT2D eigenvalue weighted by Crippen LogP contribution is -2.20. The van der Waals surface area contributed by atoms with Gasteiger partial charge in [0.15, 0.2) is 0 Å². The van der Waals surface area contributed by atoms with Gasteiger partial charge in [0.1, 0.15) is 11.7 Å². The van der Waals surface area contributed by atoms with Crippen molar-refractivity contribution in [3.63, 3.8) is 0 Å². The van der Waals surface area contributed by atoms with Crippen molar-refractivity contribution >= 4 is 22.8 Å². The Morgan fingerprint density at radius 2 is 1.65 bits per heavy atom. The highest BCUT2D eigenvalue weighted by atomic mass is 16.4. The summed E-state index contributed by atoms with van der Waals surface area (Å²) in [4.78, 5) is 31.8. The Morgan fingerprint density at radius 1 is 1.00 bits per heavy atom. The number of aromatic nitrogens is 2. The zero-order valence-corrected chi connectivity index (χ0v) is 12.0. The molecule has 114 valence electrons. The largest absolute Gasteiger partial charge is 0.480 e. The third-order valence-corrected chi connectivity index (χ3v) is 3.48. The van der Waals surface area contributed by atoms with Crippen LogP contribution in [0.25, 0.3) is 11.0 Å². The summed E-state index contributed by atoms with van der Waals surface area (Å²) in [6.07, 6.45) is 1.43. The number of hydrogen-bond acceptors (Lipinski definition) is 5. The van der Waals surface area contributed by atoms with Gasteiger partial charge in [-0.3, -0.25) is 14.6 Å². The lowest BCUT2D eigenvalue weighted by atomic mass is 10.0. The summed E-state index contributed by atoms with van der Waals surface area (Å²) in [7, 11) is 0. The van der Waals surface area contributed by atoms with Gasteiger partial charge < -0.3 is 10.8 Å². The summed E-state index contributed by atoms with van der Waals surface area (Å²) in [6.45, 7) is 0. The van der Waals surface area contributed by atoms with E-state index in [-0.39, 0.29) is 11.5 Å². The fourth-order valence-corrected chi connectivity index (χ4v) is 2.20. The van der Waals surface area contributed by atoms with Crippen LogP contribution in [0.15, 0.2) is 54.7 Å². The second kappa shape index (κ2) is 5.94. The first-order valence-corrected chi connectivity index (χ1v) is 6.91. The van der Waals surface area contributed by atoms with Crippen molar-refractivity contribution in [1.82, 2.24) is 9.97 Å². The van der Waals surface area contributed by atoms with E-state index < -0.39 is 12.0 Å². The SMILES string of the molecule is NC(C(=O)O)c1ccc(C(=O)c2cnc3ccccc3n2)cc1. The zero-order chi connectivity index (χ0) is 16.4. The highest BCUT2D eigenvalue weighted by Gasteiger charge is 2.16. The Kier molecular flexibility index (Phi) is 3.82. The van der Waals surface area contributed by atoms with Crippen molar-refractivity contribution in [2.75, 3.05) is 0 Å². The van der Waals surface area contributed by atoms with Crippen molar-refractivity contribution in [1.29, 1.82) is 0 Å². The number of hydrogen-bond donors (Lipinski definition) is 2. The molecule has 1 aromatic heterocycles. The van der Waals surface area contributed by atoms with Crippen LogP contribution in [0.2, 0.25) is 0 Å². The van der Waals surface area contributed by atoms with Gasteiger partial charge in [-0.25, -0.2) is 4.98 Å². The molecule has 0 saturated carbocycles. The number of aliphatic carboxylic acids is 1. The lowest BCUT2D eigenvalue weighted by molar-refractivity contribution is -0.138. The molecule has 1 heterocycles. The molecule has 0 bridgehead atoms. The predicted octanol–water partition coefficient (Wildman–Crippen LogP) is 1.95. The van der Waals surface area contributed by atoms with Crippen LogP contribution in [-0.4, -0.2) is 26.8 Å². The quantitative estimate of drug-likeness (QED) is 0.713. The number of carbonyl (C=O) groups is 2. The molecule has 1 unspecified atom stereocenters. The Bertz CT molecular complexity index is 891. The molecule has 0 spiro atoms. The average Bonchev–Trinajstić information content (AvgIpc) is 2.60. The molecule has 3 rings (SSSR count). The Labute approximate surface area is 131 Å². The van der Waals surface area contributed by atoms with Gasteiger partial charge in [-0.2, -0.15) is 0 Å². The molecule has 0 fully saturated rings. The van der Waals surface area contributed by atoms with Crippen molar-refractivity contribution in [2.45, 2.75) is 6.04 Å². The van der Waals surface area contributed by atoms with E-state index >= 15 is 0 Å². The second-order valence-corrected chi connectivity index (χ2v) is 5.01. The maximum Gasteiger partial charge on any atom is 0.325 e. The van der Waals surface area contributed by atoms with Crippen LogP contribution < -0.4 is 5.73 Å². The van der Waals surface area contributed by atoms with E-state index in [1.54, 1.807) is 6.07 Å². The Balaban J connectivity index is 1.91. The first-order chi connectivity index (χ1) is 11.1. The molecule has 0 aliphatic carbocycles. The van der Waals surface area contributed by atoms with E-state index in [9.17, 15) is 9.59 Å². The van der Waals surface area contributed by atoms with Gasteiger partial charge in [-0.1, -0.05) is 36.4 Å². The minimum absolute atomic E-state index is 0.235. The van der Waals surface area contributed by atoms with E-state index in [1.165, 1.54) is 30.5 Å². The molecule has 3 aromatic rings. The smallest absolute Gasteiger partial charge is 0.325 e. The van der Waals surface area contributed by atoms with E-state index in [4.69, 9.17) is 10.8 Å². The van der Waals surface area contributed by atoms with Crippen LogP contribution in [0.1, 0.15) is 27.7 Å². The number of fused-ring (bicyclic) bond motifs is 1. The number of carboxylic acid groups (broad SMARTS) is 1. The first-order valence-electron chi connectivity index (χ1n) is 6.91. The second-order valence-electron chi connectivity index (χ2n) is 5.01. The summed E-state index contributed by atoms with van der Waals surface area (Å²) in [5, 5.41) is 8.88. The number of ketones is 1. The van der Waals surface area contributed by atoms with Gasteiger partial charge in [0.2, 0.25) is 5.78 Å². The Hall–Kier alpha value is -3.12. The van der Waals surface area contributed by atoms with Crippen LogP contribution in [-0.2, 0) is 4.79 Å². The monoisotopic (exact) mass is 307 g/mol. The third-order valence-electron chi connectivity index (χ3n) is 3.48. The van der Waals surface area contributed by atoms with Crippen molar-refractivity contribution in [3.05, 3.63) is 71.5 Å². The minimum Gasteiger partial charge on any atom is -0.480 e. The molecule has 6 nitrogen and oxygen atoms in total. The molecular weight excluding hydrogens is 294 g/mol. The van der Waals surface area contributed by atoms with Crippen LogP contribution >= 0.6 is 0 Å². The van der Waals surface area contributed by atoms with Crippen LogP contribution in [0, 0.1) is 0 Å². The molecule has 0 aliphatic rings. The normalized spacial score (nSPS) is 12.0. The van der Waals surface area contributed by atoms with Crippen LogP contribution in [0.3, 0.4) is 0 Å². The molecule has 23 heavy (non-hydrogen) atoms. The maximum atomic E-state index is 12.5. The fourth-order valence-electron chi connectivity index (χ4n) is 2.20. The molecule has 0 radical (unpaired) electrons. The van der Waals surface area contributed by atoms with E-state index in [2.05, 4.69) is 9.97 Å². The number of nitrogens with two attached hydrogens (primary N) is 1. The summed E-state index contributed by atoms with van der Waals surface area (Å²) >= 11 is 0. The number of carbonyl (C=O) groups excluding carboxylic acids is 1. The third kappa shape index (κ3) is 2.93.